The highest BCUT2D eigenvalue weighted by molar-refractivity contribution is 9.10. The molecule has 1 amide bonds. The highest BCUT2D eigenvalue weighted by Gasteiger charge is 2.16. The van der Waals surface area contributed by atoms with Gasteiger partial charge < -0.3 is 16.2 Å². The zero-order valence-corrected chi connectivity index (χ0v) is 13.5. The van der Waals surface area contributed by atoms with Gasteiger partial charge in [-0.1, -0.05) is 12.1 Å². The number of carboxylic acid groups (broad SMARTS) is 1. The summed E-state index contributed by atoms with van der Waals surface area (Å²) in [4.78, 5) is 23.3. The first kappa shape index (κ1) is 16.0. The number of anilines is 1. The maximum atomic E-state index is 12.2. The summed E-state index contributed by atoms with van der Waals surface area (Å²) in [5, 5.41) is 11.9. The molecule has 22 heavy (non-hydrogen) atoms. The summed E-state index contributed by atoms with van der Waals surface area (Å²) in [6.45, 7) is 2.00. The Balaban J connectivity index is 2.16. The topological polar surface area (TPSA) is 92.4 Å². The molecule has 0 aromatic heterocycles. The summed E-state index contributed by atoms with van der Waals surface area (Å²) in [7, 11) is 0. The Kier molecular flexibility index (Phi) is 4.82. The number of amides is 1. The van der Waals surface area contributed by atoms with Gasteiger partial charge in [-0.15, -0.1) is 0 Å². The van der Waals surface area contributed by atoms with Gasteiger partial charge >= 0.3 is 5.97 Å². The lowest BCUT2D eigenvalue weighted by molar-refractivity contribution is 0.0695. The predicted octanol–water partition coefficient (Wildman–Crippen LogP) is 2.97. The van der Waals surface area contributed by atoms with Crippen molar-refractivity contribution in [3.8, 4) is 0 Å². The van der Waals surface area contributed by atoms with E-state index in [9.17, 15) is 9.59 Å². The molecule has 0 spiro atoms. The number of hydrogen-bond acceptors (Lipinski definition) is 3. The summed E-state index contributed by atoms with van der Waals surface area (Å²) >= 11 is 3.29. The maximum Gasteiger partial charge on any atom is 0.335 e. The lowest BCUT2D eigenvalue weighted by atomic mass is 10.0. The van der Waals surface area contributed by atoms with E-state index in [0.717, 1.165) is 5.56 Å². The molecule has 0 aliphatic heterocycles. The van der Waals surface area contributed by atoms with Gasteiger partial charge in [0.15, 0.2) is 0 Å². The lowest BCUT2D eigenvalue weighted by Crippen LogP contribution is -2.23. The minimum absolute atomic E-state index is 0.166. The van der Waals surface area contributed by atoms with Gasteiger partial charge in [-0.05, 0) is 58.2 Å². The van der Waals surface area contributed by atoms with Crippen LogP contribution in [0.4, 0.5) is 5.69 Å². The van der Waals surface area contributed by atoms with Crippen LogP contribution in [0.2, 0.25) is 0 Å². The van der Waals surface area contributed by atoms with Gasteiger partial charge in [0.1, 0.15) is 0 Å². The summed E-state index contributed by atoms with van der Waals surface area (Å²) in [5.74, 6) is -1.31. The molecule has 0 atom stereocenters. The first-order valence-corrected chi connectivity index (χ1v) is 7.34. The fourth-order valence-corrected chi connectivity index (χ4v) is 2.60. The third-order valence-corrected chi connectivity index (χ3v) is 4.29. The van der Waals surface area contributed by atoms with Crippen LogP contribution in [0.15, 0.2) is 40.9 Å². The first-order valence-electron chi connectivity index (χ1n) is 6.55. The van der Waals surface area contributed by atoms with E-state index in [0.29, 0.717) is 27.8 Å². The standard InChI is InChI=1S/C16H15BrN2O3/c1-9-12(16(21)22)5-6-13(14(9)17)15(20)19-8-10-3-2-4-11(18)7-10/h2-7H,8,18H2,1H3,(H,19,20)(H,21,22). The molecule has 0 saturated carbocycles. The molecule has 0 aliphatic carbocycles. The SMILES string of the molecule is Cc1c(C(=O)O)ccc(C(=O)NCc2cccc(N)c2)c1Br. The van der Waals surface area contributed by atoms with Crippen LogP contribution in [-0.2, 0) is 6.54 Å². The van der Waals surface area contributed by atoms with Gasteiger partial charge in [0.05, 0.1) is 11.1 Å². The molecule has 5 nitrogen and oxygen atoms in total. The van der Waals surface area contributed by atoms with E-state index in [-0.39, 0.29) is 11.5 Å². The van der Waals surface area contributed by atoms with Gasteiger partial charge in [-0.3, -0.25) is 4.79 Å². The van der Waals surface area contributed by atoms with Crippen LogP contribution in [0.5, 0.6) is 0 Å². The van der Waals surface area contributed by atoms with Crippen LogP contribution in [0.3, 0.4) is 0 Å². The molecule has 2 rings (SSSR count). The minimum atomic E-state index is -1.02. The monoisotopic (exact) mass is 362 g/mol. The van der Waals surface area contributed by atoms with Crippen molar-refractivity contribution in [2.45, 2.75) is 13.5 Å². The van der Waals surface area contributed by atoms with Gasteiger partial charge in [0, 0.05) is 16.7 Å². The maximum absolute atomic E-state index is 12.2. The molecule has 4 N–H and O–H groups in total. The fraction of sp³-hybridized carbons (Fsp3) is 0.125. The fourth-order valence-electron chi connectivity index (χ4n) is 2.07. The predicted molar refractivity (Wildman–Crippen MR) is 87.9 cm³/mol. The normalized spacial score (nSPS) is 10.3. The summed E-state index contributed by atoms with van der Waals surface area (Å²) < 4.78 is 0.484. The Bertz CT molecular complexity index is 744. The Hall–Kier alpha value is -2.34. The first-order chi connectivity index (χ1) is 10.4. The number of nitrogens with two attached hydrogens (primary N) is 1. The van der Waals surface area contributed by atoms with E-state index in [1.54, 1.807) is 19.1 Å². The highest BCUT2D eigenvalue weighted by atomic mass is 79.9. The third-order valence-electron chi connectivity index (χ3n) is 3.27. The van der Waals surface area contributed by atoms with Crippen LogP contribution in [0, 0.1) is 6.92 Å². The second-order valence-electron chi connectivity index (χ2n) is 4.83. The number of carbonyl (C=O) groups is 2. The van der Waals surface area contributed by atoms with E-state index >= 15 is 0 Å². The van der Waals surface area contributed by atoms with Crippen molar-refractivity contribution in [1.82, 2.24) is 5.32 Å². The van der Waals surface area contributed by atoms with E-state index in [1.807, 2.05) is 12.1 Å². The van der Waals surface area contributed by atoms with Crippen molar-refractivity contribution in [1.29, 1.82) is 0 Å². The molecule has 0 saturated heterocycles. The third kappa shape index (κ3) is 3.46. The van der Waals surface area contributed by atoms with Crippen LogP contribution >= 0.6 is 15.9 Å². The van der Waals surface area contributed by atoms with Gasteiger partial charge in [0.2, 0.25) is 0 Å². The van der Waals surface area contributed by atoms with Crippen molar-refractivity contribution in [2.75, 3.05) is 5.73 Å². The molecule has 2 aromatic rings. The second-order valence-corrected chi connectivity index (χ2v) is 5.63. The smallest absolute Gasteiger partial charge is 0.335 e. The van der Waals surface area contributed by atoms with Crippen molar-refractivity contribution in [3.63, 3.8) is 0 Å². The Morgan fingerprint density at radius 3 is 2.55 bits per heavy atom. The van der Waals surface area contributed by atoms with Crippen LogP contribution < -0.4 is 11.1 Å². The summed E-state index contributed by atoms with van der Waals surface area (Å²) in [6.07, 6.45) is 0. The van der Waals surface area contributed by atoms with Gasteiger partial charge in [-0.25, -0.2) is 4.79 Å². The van der Waals surface area contributed by atoms with E-state index in [4.69, 9.17) is 10.8 Å². The Morgan fingerprint density at radius 2 is 1.91 bits per heavy atom. The number of benzene rings is 2. The van der Waals surface area contributed by atoms with Crippen LogP contribution in [0.25, 0.3) is 0 Å². The van der Waals surface area contributed by atoms with Crippen LogP contribution in [0.1, 0.15) is 31.8 Å². The number of carbonyl (C=O) groups excluding carboxylic acids is 1. The van der Waals surface area contributed by atoms with Crippen molar-refractivity contribution < 1.29 is 14.7 Å². The number of nitrogens with one attached hydrogen (secondary N) is 1. The largest absolute Gasteiger partial charge is 0.478 e. The number of aromatic carboxylic acids is 1. The van der Waals surface area contributed by atoms with E-state index in [1.165, 1.54) is 12.1 Å². The zero-order chi connectivity index (χ0) is 16.3. The Labute approximate surface area is 136 Å². The second kappa shape index (κ2) is 6.62. The van der Waals surface area contributed by atoms with Gasteiger partial charge in [0.25, 0.3) is 5.91 Å². The van der Waals surface area contributed by atoms with E-state index < -0.39 is 5.97 Å². The van der Waals surface area contributed by atoms with Crippen molar-refractivity contribution >= 4 is 33.5 Å². The minimum Gasteiger partial charge on any atom is -0.478 e. The van der Waals surface area contributed by atoms with Crippen molar-refractivity contribution in [3.05, 3.63) is 63.1 Å². The number of halogens is 1. The van der Waals surface area contributed by atoms with Gasteiger partial charge in [-0.2, -0.15) is 0 Å². The Morgan fingerprint density at radius 1 is 1.23 bits per heavy atom. The molecule has 114 valence electrons. The average Bonchev–Trinajstić information content (AvgIpc) is 2.47. The van der Waals surface area contributed by atoms with Crippen molar-refractivity contribution in [2.24, 2.45) is 0 Å². The molecule has 2 aromatic carbocycles. The molecule has 0 bridgehead atoms. The summed E-state index contributed by atoms with van der Waals surface area (Å²) in [6, 6.07) is 10.2. The molecule has 0 unspecified atom stereocenters. The number of hydrogen-bond donors (Lipinski definition) is 3. The molecule has 0 fully saturated rings. The van der Waals surface area contributed by atoms with Crippen LogP contribution in [-0.4, -0.2) is 17.0 Å². The van der Waals surface area contributed by atoms with E-state index in [2.05, 4.69) is 21.2 Å². The number of nitrogen functional groups attached to an aromatic ring is 1. The molecular formula is C16H15BrN2O3. The molecule has 0 heterocycles. The molecule has 0 aliphatic rings. The summed E-state index contributed by atoms with van der Waals surface area (Å²) in [5.41, 5.74) is 8.29. The average molecular weight is 363 g/mol. The number of carboxylic acids is 1. The quantitative estimate of drug-likeness (QED) is 0.729. The highest BCUT2D eigenvalue weighted by Crippen LogP contribution is 2.24. The molecule has 6 heteroatoms. The number of rotatable bonds is 4. The lowest BCUT2D eigenvalue weighted by Gasteiger charge is -2.11. The zero-order valence-electron chi connectivity index (χ0n) is 11.9. The molecular weight excluding hydrogens is 348 g/mol. The molecule has 0 radical (unpaired) electrons.